The fourth-order valence-corrected chi connectivity index (χ4v) is 0.333. The van der Waals surface area contributed by atoms with Crippen LogP contribution >= 0.6 is 0 Å². The van der Waals surface area contributed by atoms with Crippen LogP contribution in [-0.4, -0.2) is 51.5 Å². The average Bonchev–Trinajstić information content (AvgIpc) is 2.17. The van der Waals surface area contributed by atoms with Gasteiger partial charge in [-0.25, -0.2) is 5.21 Å². The molecule has 1 aliphatic rings. The van der Waals surface area contributed by atoms with E-state index in [2.05, 4.69) is 0 Å². The van der Waals surface area contributed by atoms with Crippen LogP contribution in [-0.2, 0) is 4.79 Å². The molecule has 0 aliphatic heterocycles. The molecule has 1 N–H and O–H groups in total. The number of rotatable bonds is 1. The summed E-state index contributed by atoms with van der Waals surface area (Å²) < 4.78 is 0. The van der Waals surface area contributed by atoms with E-state index in [1.807, 2.05) is 0 Å². The minimum absolute atomic E-state index is 0. The second-order valence-electron chi connectivity index (χ2n) is 1.49. The topological polar surface area (TPSA) is 57.4 Å². The molecule has 0 bridgehead atoms. The molecule has 0 spiro atoms. The van der Waals surface area contributed by atoms with Crippen LogP contribution in [0.1, 0.15) is 6.42 Å². The van der Waals surface area contributed by atoms with Crippen LogP contribution in [0.3, 0.4) is 0 Å². The van der Waals surface area contributed by atoms with Gasteiger partial charge in [0, 0.05) is 0 Å². The molecule has 1 unspecified atom stereocenters. The van der Waals surface area contributed by atoms with Crippen LogP contribution in [0, 0.1) is 4.91 Å². The Kier molecular flexibility index (Phi) is 2.59. The van der Waals surface area contributed by atoms with Crippen molar-refractivity contribution in [1.29, 1.82) is 0 Å². The van der Waals surface area contributed by atoms with Gasteiger partial charge in [0.2, 0.25) is 10.7 Å². The number of nitrogens with zero attached hydrogens (tertiary/aromatic N) is 1. The summed E-state index contributed by atoms with van der Waals surface area (Å²) in [6, 6.07) is -0.736. The van der Waals surface area contributed by atoms with Crippen LogP contribution in [0.4, 0.5) is 0 Å². The van der Waals surface area contributed by atoms with Crippen molar-refractivity contribution >= 4 is 35.3 Å². The fraction of sp³-hybridized carbons (Fsp3) is 0.667. The van der Waals surface area contributed by atoms with Crippen LogP contribution in [0.15, 0.2) is 0 Å². The van der Waals surface area contributed by atoms with E-state index in [0.717, 1.165) is 0 Å². The molecule has 1 rings (SSSR count). The van der Waals surface area contributed by atoms with Gasteiger partial charge in [-0.2, -0.15) is 0 Å². The summed E-state index contributed by atoms with van der Waals surface area (Å²) in [5.74, 6) is -0.183. The molecular weight excluding hydrogens is 121 g/mol. The van der Waals surface area contributed by atoms with Gasteiger partial charge in [0.25, 0.3) is 0 Å². The molecule has 0 radical (unpaired) electrons. The monoisotopic (exact) mass is 126 g/mol. The molecule has 0 aromatic heterocycles. The van der Waals surface area contributed by atoms with Gasteiger partial charge < -0.3 is 0 Å². The van der Waals surface area contributed by atoms with Crippen LogP contribution in [0.5, 0.6) is 0 Å². The van der Waals surface area contributed by atoms with E-state index >= 15 is 0 Å². The van der Waals surface area contributed by atoms with E-state index in [-0.39, 0.29) is 46.7 Å². The first-order chi connectivity index (χ1) is 3.22. The Labute approximate surface area is 67.7 Å². The molecule has 0 amide bonds. The molecule has 1 fully saturated rings. The zero-order valence-electron chi connectivity index (χ0n) is 3.50. The molecule has 40 valence electrons. The van der Waals surface area contributed by atoms with Crippen LogP contribution in [0.25, 0.3) is 0 Å². The number of ketones is 1. The summed E-state index contributed by atoms with van der Waals surface area (Å²) in [4.78, 5) is 19.3. The normalized spacial score (nSPS) is 24.0. The molecule has 0 aromatic rings. The molecule has 1 atom stereocenters. The quantitative estimate of drug-likeness (QED) is 0.356. The molecule has 8 heavy (non-hydrogen) atoms. The SMILES string of the molecule is O=C1CC1[N+](=O)O.[NaH]. The van der Waals surface area contributed by atoms with Gasteiger partial charge in [0.05, 0.1) is 11.3 Å². The molecule has 4 nitrogen and oxygen atoms in total. The van der Waals surface area contributed by atoms with Gasteiger partial charge in [-0.1, -0.05) is 0 Å². The summed E-state index contributed by atoms with van der Waals surface area (Å²) in [6.07, 6.45) is 0.208. The molecule has 0 aromatic carbocycles. The van der Waals surface area contributed by atoms with Crippen molar-refractivity contribution in [2.75, 3.05) is 0 Å². The minimum atomic E-state index is -0.736. The van der Waals surface area contributed by atoms with Gasteiger partial charge in [0.1, 0.15) is 0 Å². The maximum absolute atomic E-state index is 9.93. The zero-order chi connectivity index (χ0) is 5.44. The van der Waals surface area contributed by atoms with E-state index < -0.39 is 6.04 Å². The van der Waals surface area contributed by atoms with E-state index in [9.17, 15) is 9.70 Å². The third-order valence-electron chi connectivity index (χ3n) is 0.873. The summed E-state index contributed by atoms with van der Waals surface area (Å²) in [7, 11) is 0. The average molecular weight is 126 g/mol. The number of hydrogen-bond donors (Lipinski definition) is 1. The van der Waals surface area contributed by atoms with E-state index in [4.69, 9.17) is 5.21 Å². The fourth-order valence-electron chi connectivity index (χ4n) is 0.333. The predicted molar refractivity (Wildman–Crippen MR) is 26.0 cm³/mol. The van der Waals surface area contributed by atoms with Crippen molar-refractivity contribution in [3.05, 3.63) is 4.91 Å². The van der Waals surface area contributed by atoms with Gasteiger partial charge in [-0.05, 0) is 0 Å². The molecule has 1 aliphatic carbocycles. The number of hydrogen-bond acceptors (Lipinski definition) is 2. The van der Waals surface area contributed by atoms with Crippen molar-refractivity contribution in [2.45, 2.75) is 12.5 Å². The predicted octanol–water partition coefficient (Wildman–Crippen LogP) is -1.15. The summed E-state index contributed by atoms with van der Waals surface area (Å²) in [5, 5.41) is 7.92. The van der Waals surface area contributed by atoms with Gasteiger partial charge in [-0.15, -0.1) is 0 Å². The Morgan fingerprint density at radius 3 is 2.12 bits per heavy atom. The van der Waals surface area contributed by atoms with Gasteiger partial charge >= 0.3 is 35.6 Å². The summed E-state index contributed by atoms with van der Waals surface area (Å²) in [5.41, 5.74) is 0. The first-order valence-electron chi connectivity index (χ1n) is 1.90. The van der Waals surface area contributed by atoms with Crippen molar-refractivity contribution in [3.63, 3.8) is 0 Å². The number of carbonyl (C=O) groups excluding carboxylic acids is 1. The zero-order valence-corrected chi connectivity index (χ0v) is 3.50. The summed E-state index contributed by atoms with van der Waals surface area (Å²) in [6.45, 7) is 0. The van der Waals surface area contributed by atoms with E-state index in [1.165, 1.54) is 0 Å². The van der Waals surface area contributed by atoms with Crippen LogP contribution in [0.2, 0.25) is 0 Å². The Hall–Kier alpha value is 0.0700. The second kappa shape index (κ2) is 2.57. The first kappa shape index (κ1) is 8.07. The Morgan fingerprint density at radius 2 is 2.12 bits per heavy atom. The standard InChI is InChI=1S/C3H4NO3.Na.H/c5-3-1-2(3)4(6)7;;/h2H,1H2,(H,6,7);;/q+1;;. The van der Waals surface area contributed by atoms with Crippen LogP contribution < -0.4 is 0 Å². The molecule has 0 heterocycles. The van der Waals surface area contributed by atoms with Gasteiger partial charge in [-0.3, -0.25) is 4.79 Å². The Bertz CT molecular complexity index is 134. The third kappa shape index (κ3) is 1.54. The molecule has 1 saturated carbocycles. The van der Waals surface area contributed by atoms with Crippen molar-refractivity contribution in [3.8, 4) is 0 Å². The number of Topliss-reactive ketones (excluding diaryl/α,β-unsaturated/α-hetero) is 1. The van der Waals surface area contributed by atoms with Crippen molar-refractivity contribution in [1.82, 2.24) is 0 Å². The molecule has 0 saturated heterocycles. The second-order valence-corrected chi connectivity index (χ2v) is 1.49. The summed E-state index contributed by atoms with van der Waals surface area (Å²) >= 11 is 0. The van der Waals surface area contributed by atoms with Gasteiger partial charge in [0.15, 0.2) is 0 Å². The third-order valence-corrected chi connectivity index (χ3v) is 0.873. The first-order valence-corrected chi connectivity index (χ1v) is 1.90. The maximum atomic E-state index is 9.93. The molecular formula is C3H5NNaO3+. The number of carbonyl (C=O) groups is 1. The van der Waals surface area contributed by atoms with Crippen molar-refractivity contribution < 1.29 is 14.9 Å². The van der Waals surface area contributed by atoms with E-state index in [1.54, 1.807) is 0 Å². The van der Waals surface area contributed by atoms with Crippen molar-refractivity contribution in [2.24, 2.45) is 0 Å². The Morgan fingerprint density at radius 1 is 1.75 bits per heavy atom. The Balaban J connectivity index is 0.000000490. The molecule has 5 heteroatoms. The van der Waals surface area contributed by atoms with E-state index in [0.29, 0.717) is 0 Å².